The lowest BCUT2D eigenvalue weighted by Crippen LogP contribution is -2.23. The topological polar surface area (TPSA) is 129 Å². The summed E-state index contributed by atoms with van der Waals surface area (Å²) in [5, 5.41) is 18.9. The van der Waals surface area contributed by atoms with E-state index in [1.165, 1.54) is 6.26 Å². The maximum absolute atomic E-state index is 10.7. The molecule has 172 valence electrons. The zero-order chi connectivity index (χ0) is 23.1. The molecule has 0 rings (SSSR count). The molecular weight excluding hydrogens is 404 g/mol. The molecular formula is C19H41O7S2-. The van der Waals surface area contributed by atoms with Gasteiger partial charge in [-0.15, -0.1) is 0 Å². The highest BCUT2D eigenvalue weighted by Crippen LogP contribution is 2.06. The molecule has 0 bridgehead atoms. The van der Waals surface area contributed by atoms with Gasteiger partial charge in [0.25, 0.3) is 0 Å². The number of rotatable bonds is 10. The van der Waals surface area contributed by atoms with Crippen LogP contribution in [0, 0.1) is 17.8 Å². The van der Waals surface area contributed by atoms with Gasteiger partial charge in [-0.1, -0.05) is 48.0 Å². The molecule has 0 saturated carbocycles. The van der Waals surface area contributed by atoms with E-state index >= 15 is 0 Å². The van der Waals surface area contributed by atoms with Crippen molar-refractivity contribution in [2.75, 3.05) is 24.0 Å². The first kappa shape index (κ1) is 32.0. The van der Waals surface area contributed by atoms with Gasteiger partial charge in [0, 0.05) is 24.2 Å². The van der Waals surface area contributed by atoms with Crippen molar-refractivity contribution in [3.8, 4) is 0 Å². The van der Waals surface area contributed by atoms with E-state index in [4.69, 9.17) is 0 Å². The van der Waals surface area contributed by atoms with Crippen molar-refractivity contribution >= 4 is 25.6 Å². The Morgan fingerprint density at radius 3 is 1.54 bits per heavy atom. The third kappa shape index (κ3) is 40.1. The highest BCUT2D eigenvalue weighted by Gasteiger charge is 2.13. The van der Waals surface area contributed by atoms with Crippen LogP contribution in [0.25, 0.3) is 0 Å². The summed E-state index contributed by atoms with van der Waals surface area (Å²) in [6.45, 7) is 11.8. The second-order valence-corrected chi connectivity index (χ2v) is 13.0. The van der Waals surface area contributed by atoms with Crippen LogP contribution < -0.4 is 5.11 Å². The molecule has 0 heterocycles. The number of hydrogen-bond donors (Lipinski definition) is 1. The minimum atomic E-state index is -3.02. The van der Waals surface area contributed by atoms with Crippen molar-refractivity contribution in [1.29, 1.82) is 0 Å². The molecule has 0 radical (unpaired) electrons. The summed E-state index contributed by atoms with van der Waals surface area (Å²) in [6.07, 6.45) is 4.24. The molecule has 0 saturated heterocycles. The summed E-state index contributed by atoms with van der Waals surface area (Å²) in [7, 11) is -5.74. The van der Waals surface area contributed by atoms with Crippen molar-refractivity contribution in [2.45, 2.75) is 73.3 Å². The molecule has 9 heteroatoms. The van der Waals surface area contributed by atoms with Gasteiger partial charge in [0.2, 0.25) is 0 Å². The van der Waals surface area contributed by atoms with Gasteiger partial charge in [0.15, 0.2) is 0 Å². The zero-order valence-corrected chi connectivity index (χ0v) is 20.4. The van der Waals surface area contributed by atoms with E-state index in [2.05, 4.69) is 13.8 Å². The SMILES string of the molecule is CC(C)CC(=O)[O-].CC(C)CC(O)CS(C)(=O)=O.CC(C)CCCS(C)(=O)=O. The second-order valence-electron chi connectivity index (χ2n) is 8.51. The summed E-state index contributed by atoms with van der Waals surface area (Å²) >= 11 is 0. The lowest BCUT2D eigenvalue weighted by molar-refractivity contribution is -0.306. The number of hydrogen-bond acceptors (Lipinski definition) is 7. The van der Waals surface area contributed by atoms with E-state index < -0.39 is 31.7 Å². The maximum Gasteiger partial charge on any atom is 0.149 e. The number of carbonyl (C=O) groups is 1. The molecule has 28 heavy (non-hydrogen) atoms. The Bertz CT molecular complexity index is 592. The Morgan fingerprint density at radius 2 is 1.32 bits per heavy atom. The summed E-state index contributed by atoms with van der Waals surface area (Å²) in [5.74, 6) is 0.421. The fourth-order valence-corrected chi connectivity index (χ4v) is 3.57. The fraction of sp³-hybridized carbons (Fsp3) is 0.947. The van der Waals surface area contributed by atoms with Crippen molar-refractivity contribution in [1.82, 2.24) is 0 Å². The molecule has 1 unspecified atom stereocenters. The van der Waals surface area contributed by atoms with Crippen LogP contribution in [0.2, 0.25) is 0 Å². The summed E-state index contributed by atoms with van der Waals surface area (Å²) in [4.78, 5) is 9.70. The minimum absolute atomic E-state index is 0.120. The Kier molecular flexibility index (Phi) is 18.5. The Labute approximate surface area is 172 Å². The van der Waals surface area contributed by atoms with Crippen LogP contribution in [0.3, 0.4) is 0 Å². The molecule has 0 spiro atoms. The second kappa shape index (κ2) is 16.2. The Balaban J connectivity index is -0.000000343. The molecule has 7 nitrogen and oxygen atoms in total. The van der Waals surface area contributed by atoms with Crippen LogP contribution in [0.5, 0.6) is 0 Å². The summed E-state index contributed by atoms with van der Waals surface area (Å²) in [5.41, 5.74) is 0. The Morgan fingerprint density at radius 1 is 0.857 bits per heavy atom. The predicted octanol–water partition coefficient (Wildman–Crippen LogP) is 1.69. The van der Waals surface area contributed by atoms with Gasteiger partial charge < -0.3 is 15.0 Å². The van der Waals surface area contributed by atoms with E-state index in [-0.39, 0.29) is 18.1 Å². The van der Waals surface area contributed by atoms with Gasteiger partial charge in [-0.2, -0.15) is 0 Å². The number of carboxylic acids is 1. The first-order valence-corrected chi connectivity index (χ1v) is 13.7. The first-order chi connectivity index (χ1) is 12.4. The van der Waals surface area contributed by atoms with E-state index in [0.717, 1.165) is 19.1 Å². The van der Waals surface area contributed by atoms with Gasteiger partial charge in [0.05, 0.1) is 11.9 Å². The van der Waals surface area contributed by atoms with Crippen LogP contribution in [0.1, 0.15) is 67.2 Å². The van der Waals surface area contributed by atoms with Gasteiger partial charge in [-0.05, 0) is 37.0 Å². The molecule has 0 amide bonds. The van der Waals surface area contributed by atoms with Crippen LogP contribution in [-0.4, -0.2) is 58.0 Å². The van der Waals surface area contributed by atoms with E-state index in [1.807, 2.05) is 27.7 Å². The number of carbonyl (C=O) groups excluding carboxylic acids is 1. The number of aliphatic hydroxyl groups is 1. The van der Waals surface area contributed by atoms with Gasteiger partial charge in [0.1, 0.15) is 19.7 Å². The quantitative estimate of drug-likeness (QED) is 0.541. The van der Waals surface area contributed by atoms with Gasteiger partial charge in [-0.3, -0.25) is 0 Å². The highest BCUT2D eigenvalue weighted by atomic mass is 32.2. The van der Waals surface area contributed by atoms with Crippen molar-refractivity contribution < 1.29 is 31.8 Å². The van der Waals surface area contributed by atoms with Crippen LogP contribution >= 0.6 is 0 Å². The van der Waals surface area contributed by atoms with Crippen molar-refractivity contribution in [3.05, 3.63) is 0 Å². The maximum atomic E-state index is 10.7. The average molecular weight is 446 g/mol. The number of aliphatic hydroxyl groups excluding tert-OH is 1. The molecule has 0 fully saturated rings. The minimum Gasteiger partial charge on any atom is -0.550 e. The van der Waals surface area contributed by atoms with Crippen LogP contribution in [0.15, 0.2) is 0 Å². The average Bonchev–Trinajstić information content (AvgIpc) is 2.32. The largest absolute Gasteiger partial charge is 0.550 e. The monoisotopic (exact) mass is 445 g/mol. The lowest BCUT2D eigenvalue weighted by atomic mass is 10.1. The van der Waals surface area contributed by atoms with Gasteiger partial charge >= 0.3 is 0 Å². The molecule has 0 aromatic heterocycles. The molecule has 0 aromatic carbocycles. The first-order valence-electron chi connectivity index (χ1n) is 9.59. The summed E-state index contributed by atoms with van der Waals surface area (Å²) in [6, 6.07) is 0. The summed E-state index contributed by atoms with van der Waals surface area (Å²) < 4.78 is 42.6. The third-order valence-corrected chi connectivity index (χ3v) is 5.13. The number of sulfone groups is 2. The molecule has 1 atom stereocenters. The van der Waals surface area contributed by atoms with Crippen LogP contribution in [0.4, 0.5) is 0 Å². The predicted molar refractivity (Wildman–Crippen MR) is 113 cm³/mol. The molecule has 0 aromatic rings. The standard InChI is InChI=1S/C7H16O3S.C7H16O2S.C5H10O2/c1-6(2)4-7(8)5-11(3,9)10;1-7(2)5-4-6-10(3,8)9;1-4(2)3-5(6)7/h6-8H,4-5H2,1-3H3;7H,4-6H2,1-3H3;4H,3H2,1-2H3,(H,6,7)/p-1. The molecule has 0 aliphatic heterocycles. The number of carboxylic acid groups (broad SMARTS) is 1. The normalized spacial score (nSPS) is 12.9. The van der Waals surface area contributed by atoms with E-state index in [9.17, 15) is 31.8 Å². The third-order valence-electron chi connectivity index (χ3n) is 3.11. The van der Waals surface area contributed by atoms with Crippen molar-refractivity contribution in [2.24, 2.45) is 17.8 Å². The molecule has 0 aliphatic rings. The smallest absolute Gasteiger partial charge is 0.149 e. The highest BCUT2D eigenvalue weighted by molar-refractivity contribution is 7.90. The molecule has 1 N–H and O–H groups in total. The van der Waals surface area contributed by atoms with Crippen molar-refractivity contribution in [3.63, 3.8) is 0 Å². The van der Waals surface area contributed by atoms with E-state index in [0.29, 0.717) is 24.0 Å². The fourth-order valence-electron chi connectivity index (χ4n) is 2.05. The molecule has 0 aliphatic carbocycles. The number of aliphatic carboxylic acids is 1. The zero-order valence-electron chi connectivity index (χ0n) is 18.8. The van der Waals surface area contributed by atoms with E-state index in [1.54, 1.807) is 0 Å². The van der Waals surface area contributed by atoms with Gasteiger partial charge in [-0.25, -0.2) is 16.8 Å². The lowest BCUT2D eigenvalue weighted by Gasteiger charge is -2.10. The Hall–Kier alpha value is -0.670. The van der Waals surface area contributed by atoms with Crippen LogP contribution in [-0.2, 0) is 24.5 Å².